The molecule has 138 valence electrons. The average molecular weight is 356 g/mol. The van der Waals surface area contributed by atoms with Crippen molar-refractivity contribution in [3.05, 3.63) is 64.7 Å². The van der Waals surface area contributed by atoms with Crippen LogP contribution in [0.25, 0.3) is 5.69 Å². The molecule has 26 heavy (non-hydrogen) atoms. The van der Waals surface area contributed by atoms with Crippen LogP contribution in [0.5, 0.6) is 0 Å². The number of benzene rings is 1. The molecular weight excluding hydrogens is 332 g/mol. The first-order valence-electron chi connectivity index (χ1n) is 8.11. The minimum Gasteiger partial charge on any atom is -0.394 e. The summed E-state index contributed by atoms with van der Waals surface area (Å²) >= 11 is 0. The first-order chi connectivity index (χ1) is 12.2. The number of hydrogen-bond donors (Lipinski definition) is 1. The van der Waals surface area contributed by atoms with Gasteiger partial charge in [-0.3, -0.25) is 9.59 Å². The highest BCUT2D eigenvalue weighted by Gasteiger charge is 2.17. The van der Waals surface area contributed by atoms with Gasteiger partial charge in [-0.25, -0.2) is 4.68 Å². The van der Waals surface area contributed by atoms with Crippen molar-refractivity contribution in [3.63, 3.8) is 0 Å². The smallest absolute Gasteiger partial charge is 0.211 e. The molecule has 1 fully saturated rings. The lowest BCUT2D eigenvalue weighted by atomic mass is 10.2. The van der Waals surface area contributed by atoms with E-state index in [1.165, 1.54) is 18.3 Å². The second-order valence-corrected chi connectivity index (χ2v) is 5.55. The van der Waals surface area contributed by atoms with Crippen molar-refractivity contribution in [1.82, 2.24) is 15.1 Å². The van der Waals surface area contributed by atoms with Crippen molar-refractivity contribution in [1.29, 1.82) is 0 Å². The van der Waals surface area contributed by atoms with Crippen molar-refractivity contribution in [2.45, 2.75) is 7.43 Å². The molecule has 1 aromatic heterocycles. The predicted molar refractivity (Wildman–Crippen MR) is 102 cm³/mol. The van der Waals surface area contributed by atoms with Crippen molar-refractivity contribution >= 4 is 11.5 Å². The molecule has 0 saturated carbocycles. The van der Waals surface area contributed by atoms with Gasteiger partial charge in [-0.05, 0) is 12.1 Å². The van der Waals surface area contributed by atoms with Gasteiger partial charge in [0.1, 0.15) is 0 Å². The fraction of sp³-hybridized carbons (Fsp3) is 0.316. The van der Waals surface area contributed by atoms with Crippen LogP contribution < -0.4 is 15.6 Å². The summed E-state index contributed by atoms with van der Waals surface area (Å²) in [6.45, 7) is 2.91. The SMILES string of the molecule is C.CNC=CC(=O)c1nn(-c2ccccc2N2CCOCC2)ccc1=O. The Balaban J connectivity index is 0.00000243. The van der Waals surface area contributed by atoms with Gasteiger partial charge in [0.05, 0.1) is 24.6 Å². The Bertz CT molecular complexity index is 839. The van der Waals surface area contributed by atoms with Gasteiger partial charge in [0.15, 0.2) is 5.69 Å². The normalized spacial score (nSPS) is 14.1. The number of morpholine rings is 1. The summed E-state index contributed by atoms with van der Waals surface area (Å²) < 4.78 is 6.98. The van der Waals surface area contributed by atoms with Crippen LogP contribution in [0.4, 0.5) is 5.69 Å². The van der Waals surface area contributed by atoms with Gasteiger partial charge in [-0.2, -0.15) is 5.10 Å². The number of para-hydroxylation sites is 2. The molecule has 0 bridgehead atoms. The maximum Gasteiger partial charge on any atom is 0.211 e. The number of hydrogen-bond acceptors (Lipinski definition) is 6. The van der Waals surface area contributed by atoms with E-state index in [0.717, 1.165) is 24.5 Å². The fourth-order valence-corrected chi connectivity index (χ4v) is 2.68. The lowest BCUT2D eigenvalue weighted by Gasteiger charge is -2.30. The number of ketones is 1. The number of carbonyl (C=O) groups excluding carboxylic acids is 1. The zero-order valence-electron chi connectivity index (χ0n) is 14.0. The molecule has 3 rings (SSSR count). The molecule has 1 N–H and O–H groups in total. The summed E-state index contributed by atoms with van der Waals surface area (Å²) in [7, 11) is 1.68. The Morgan fingerprint density at radius 1 is 1.19 bits per heavy atom. The molecule has 7 heteroatoms. The number of allylic oxidation sites excluding steroid dienone is 1. The zero-order valence-corrected chi connectivity index (χ0v) is 14.0. The van der Waals surface area contributed by atoms with Crippen molar-refractivity contribution < 1.29 is 9.53 Å². The number of aromatic nitrogens is 2. The van der Waals surface area contributed by atoms with E-state index in [1.807, 2.05) is 24.3 Å². The van der Waals surface area contributed by atoms with Crippen LogP contribution >= 0.6 is 0 Å². The minimum absolute atomic E-state index is 0. The summed E-state index contributed by atoms with van der Waals surface area (Å²) in [5, 5.41) is 7.00. The molecule has 0 atom stereocenters. The molecule has 0 radical (unpaired) electrons. The van der Waals surface area contributed by atoms with E-state index < -0.39 is 11.2 Å². The summed E-state index contributed by atoms with van der Waals surface area (Å²) in [6.07, 6.45) is 4.35. The molecule has 1 aliphatic heterocycles. The molecule has 2 aromatic rings. The molecular formula is C19H24N4O3. The Morgan fingerprint density at radius 3 is 2.58 bits per heavy atom. The lowest BCUT2D eigenvalue weighted by molar-refractivity contribution is 0.103. The fourth-order valence-electron chi connectivity index (χ4n) is 2.68. The number of rotatable bonds is 5. The second kappa shape index (κ2) is 8.96. The van der Waals surface area contributed by atoms with Gasteiger partial charge >= 0.3 is 0 Å². The van der Waals surface area contributed by atoms with Gasteiger partial charge in [-0.1, -0.05) is 19.6 Å². The van der Waals surface area contributed by atoms with E-state index in [9.17, 15) is 9.59 Å². The predicted octanol–water partition coefficient (Wildman–Crippen LogP) is 1.62. The largest absolute Gasteiger partial charge is 0.394 e. The van der Waals surface area contributed by atoms with Crippen LogP contribution in [0, 0.1) is 0 Å². The Morgan fingerprint density at radius 2 is 1.88 bits per heavy atom. The van der Waals surface area contributed by atoms with Gasteiger partial charge < -0.3 is 15.0 Å². The summed E-state index contributed by atoms with van der Waals surface area (Å²) in [5.74, 6) is -0.433. The molecule has 0 unspecified atom stereocenters. The van der Waals surface area contributed by atoms with Gasteiger partial charge in [0.25, 0.3) is 0 Å². The highest BCUT2D eigenvalue weighted by Crippen LogP contribution is 2.24. The quantitative estimate of drug-likeness (QED) is 0.648. The summed E-state index contributed by atoms with van der Waals surface area (Å²) in [4.78, 5) is 26.4. The second-order valence-electron chi connectivity index (χ2n) is 5.55. The zero-order chi connectivity index (χ0) is 17.6. The Labute approximate surface area is 152 Å². The molecule has 1 aliphatic rings. The summed E-state index contributed by atoms with van der Waals surface area (Å²) in [6, 6.07) is 9.15. The maximum absolute atomic E-state index is 12.2. The number of nitrogens with zero attached hydrogens (tertiary/aromatic N) is 3. The molecule has 0 spiro atoms. The third-order valence-electron chi connectivity index (χ3n) is 3.92. The van der Waals surface area contributed by atoms with E-state index in [1.54, 1.807) is 17.9 Å². The van der Waals surface area contributed by atoms with Crippen LogP contribution in [-0.2, 0) is 4.74 Å². The van der Waals surface area contributed by atoms with Crippen LogP contribution in [0.1, 0.15) is 17.9 Å². The van der Waals surface area contributed by atoms with E-state index in [2.05, 4.69) is 15.3 Å². The van der Waals surface area contributed by atoms with Crippen LogP contribution in [0.15, 0.2) is 53.6 Å². The molecule has 7 nitrogen and oxygen atoms in total. The van der Waals surface area contributed by atoms with E-state index in [-0.39, 0.29) is 13.1 Å². The van der Waals surface area contributed by atoms with Gasteiger partial charge in [-0.15, -0.1) is 0 Å². The third kappa shape index (κ3) is 4.18. The van der Waals surface area contributed by atoms with Crippen LogP contribution in [-0.4, -0.2) is 48.9 Å². The van der Waals surface area contributed by atoms with Crippen molar-refractivity contribution in [2.75, 3.05) is 38.3 Å². The van der Waals surface area contributed by atoms with E-state index in [4.69, 9.17) is 4.74 Å². The van der Waals surface area contributed by atoms with Crippen molar-refractivity contribution in [2.24, 2.45) is 0 Å². The van der Waals surface area contributed by atoms with Gasteiger partial charge in [0.2, 0.25) is 11.2 Å². The Kier molecular flexibility index (Phi) is 6.68. The van der Waals surface area contributed by atoms with Crippen LogP contribution in [0.3, 0.4) is 0 Å². The first kappa shape index (κ1) is 19.4. The lowest BCUT2D eigenvalue weighted by Crippen LogP contribution is -2.37. The third-order valence-corrected chi connectivity index (χ3v) is 3.92. The monoisotopic (exact) mass is 356 g/mol. The van der Waals surface area contributed by atoms with Crippen LogP contribution in [0.2, 0.25) is 0 Å². The summed E-state index contributed by atoms with van der Waals surface area (Å²) in [5.41, 5.74) is 1.30. The van der Waals surface area contributed by atoms with Crippen molar-refractivity contribution in [3.8, 4) is 5.69 Å². The highest BCUT2D eigenvalue weighted by molar-refractivity contribution is 6.02. The molecule has 0 amide bonds. The maximum atomic E-state index is 12.2. The topological polar surface area (TPSA) is 76.5 Å². The number of nitrogens with one attached hydrogen (secondary N) is 1. The number of anilines is 1. The first-order valence-corrected chi connectivity index (χ1v) is 8.11. The molecule has 1 aromatic carbocycles. The standard InChI is InChI=1S/C18H20N4O3.CH4/c1-19-8-6-16(23)18-17(24)7-9-22(20-18)15-5-3-2-4-14(15)21-10-12-25-13-11-21;/h2-9,19H,10-13H2,1H3;1H4. The number of ether oxygens (including phenoxy) is 1. The van der Waals surface area contributed by atoms with E-state index in [0.29, 0.717) is 13.2 Å². The Hall–Kier alpha value is -2.93. The molecule has 1 saturated heterocycles. The molecule has 0 aliphatic carbocycles. The molecule has 2 heterocycles. The number of carbonyl (C=O) groups is 1. The minimum atomic E-state index is -0.433. The highest BCUT2D eigenvalue weighted by atomic mass is 16.5. The van der Waals surface area contributed by atoms with E-state index >= 15 is 0 Å². The van der Waals surface area contributed by atoms with Gasteiger partial charge in [0, 0.05) is 44.7 Å². The average Bonchev–Trinajstić information content (AvgIpc) is 2.67.